The lowest BCUT2D eigenvalue weighted by Crippen LogP contribution is -2.45. The van der Waals surface area contributed by atoms with Crippen LogP contribution < -0.4 is 10.1 Å². The van der Waals surface area contributed by atoms with Gasteiger partial charge < -0.3 is 15.2 Å². The monoisotopic (exact) mass is 276 g/mol. The molecule has 0 aromatic heterocycles. The smallest absolute Gasteiger partial charge is 0.124 e. The number of phenolic OH excluding ortho intramolecular Hbond substituents is 1. The summed E-state index contributed by atoms with van der Waals surface area (Å²) in [6.45, 7) is 10.0. The Morgan fingerprint density at radius 1 is 1.45 bits per heavy atom. The lowest BCUT2D eigenvalue weighted by molar-refractivity contribution is 0.170. The summed E-state index contributed by atoms with van der Waals surface area (Å²) < 4.78 is 5.16. The second-order valence-corrected chi connectivity index (χ2v) is 5.39. The second kappa shape index (κ2) is 6.77. The zero-order valence-corrected chi connectivity index (χ0v) is 12.4. The number of methoxy groups -OCH3 is 1. The highest BCUT2D eigenvalue weighted by atomic mass is 16.5. The summed E-state index contributed by atoms with van der Waals surface area (Å²) in [5.41, 5.74) is 2.08. The Bertz CT molecular complexity index is 468. The fraction of sp³-hybridized carbons (Fsp3) is 0.500. The fourth-order valence-electron chi connectivity index (χ4n) is 2.69. The number of hydrogen-bond donors (Lipinski definition) is 2. The quantitative estimate of drug-likeness (QED) is 0.810. The summed E-state index contributed by atoms with van der Waals surface area (Å²) in [6.07, 6.45) is 0.861. The molecule has 0 bridgehead atoms. The van der Waals surface area contributed by atoms with Crippen molar-refractivity contribution in [1.82, 2.24) is 10.2 Å². The van der Waals surface area contributed by atoms with Crippen molar-refractivity contribution in [3.05, 3.63) is 35.9 Å². The van der Waals surface area contributed by atoms with Gasteiger partial charge in [-0.15, -0.1) is 6.58 Å². The minimum absolute atomic E-state index is 0.181. The predicted molar refractivity (Wildman–Crippen MR) is 81.3 cm³/mol. The molecular formula is C16H24N2O2. The highest BCUT2D eigenvalue weighted by molar-refractivity contribution is 5.42. The molecule has 4 nitrogen and oxygen atoms in total. The molecule has 0 unspecified atom stereocenters. The Kier molecular flexibility index (Phi) is 5.04. The van der Waals surface area contributed by atoms with Crippen molar-refractivity contribution in [3.8, 4) is 11.5 Å². The zero-order chi connectivity index (χ0) is 14.5. The number of hydrogen-bond acceptors (Lipinski definition) is 4. The van der Waals surface area contributed by atoms with Gasteiger partial charge >= 0.3 is 0 Å². The largest absolute Gasteiger partial charge is 0.507 e. The van der Waals surface area contributed by atoms with Crippen LogP contribution in [0.25, 0.3) is 0 Å². The van der Waals surface area contributed by atoms with Crippen molar-refractivity contribution in [2.24, 2.45) is 0 Å². The number of nitrogens with one attached hydrogen (secondary N) is 1. The summed E-state index contributed by atoms with van der Waals surface area (Å²) in [5, 5.41) is 13.6. The van der Waals surface area contributed by atoms with Gasteiger partial charge in [-0.25, -0.2) is 0 Å². The Morgan fingerprint density at radius 3 is 2.70 bits per heavy atom. The molecule has 1 atom stereocenters. The van der Waals surface area contributed by atoms with E-state index in [0.717, 1.165) is 43.7 Å². The number of rotatable bonds is 5. The van der Waals surface area contributed by atoms with Gasteiger partial charge in [0.05, 0.1) is 7.11 Å². The van der Waals surface area contributed by atoms with E-state index >= 15 is 0 Å². The minimum Gasteiger partial charge on any atom is -0.507 e. The standard InChI is InChI=1S/C16H24N2O2/c1-12(2)10-15(18-8-6-17-7-9-18)14-5-4-13(20-3)11-16(14)19/h4-5,11,15,17,19H,1,6-10H2,2-3H3/t15-/m1/s1. The van der Waals surface area contributed by atoms with E-state index in [1.54, 1.807) is 13.2 Å². The number of aromatic hydroxyl groups is 1. The third kappa shape index (κ3) is 3.52. The molecule has 110 valence electrons. The molecule has 0 spiro atoms. The van der Waals surface area contributed by atoms with E-state index in [4.69, 9.17) is 4.74 Å². The van der Waals surface area contributed by atoms with E-state index in [2.05, 4.69) is 16.8 Å². The Balaban J connectivity index is 2.27. The van der Waals surface area contributed by atoms with Crippen LogP contribution in [-0.2, 0) is 0 Å². The maximum absolute atomic E-state index is 10.3. The van der Waals surface area contributed by atoms with Gasteiger partial charge in [0.25, 0.3) is 0 Å². The topological polar surface area (TPSA) is 44.7 Å². The van der Waals surface area contributed by atoms with Gasteiger partial charge in [0, 0.05) is 43.9 Å². The van der Waals surface area contributed by atoms with Gasteiger partial charge in [-0.05, 0) is 19.4 Å². The molecule has 2 N–H and O–H groups in total. The lowest BCUT2D eigenvalue weighted by Gasteiger charge is -2.35. The summed E-state index contributed by atoms with van der Waals surface area (Å²) in [7, 11) is 1.61. The Morgan fingerprint density at radius 2 is 2.15 bits per heavy atom. The highest BCUT2D eigenvalue weighted by Crippen LogP contribution is 2.35. The summed E-state index contributed by atoms with van der Waals surface area (Å²) >= 11 is 0. The van der Waals surface area contributed by atoms with Gasteiger partial charge in [-0.3, -0.25) is 4.90 Å². The normalized spacial score (nSPS) is 17.7. The third-order valence-corrected chi connectivity index (χ3v) is 3.73. The van der Waals surface area contributed by atoms with Crippen molar-refractivity contribution < 1.29 is 9.84 Å². The fourth-order valence-corrected chi connectivity index (χ4v) is 2.69. The van der Waals surface area contributed by atoms with Crippen LogP contribution in [0.1, 0.15) is 24.9 Å². The van der Waals surface area contributed by atoms with E-state index < -0.39 is 0 Å². The molecule has 1 saturated heterocycles. The van der Waals surface area contributed by atoms with E-state index in [1.165, 1.54) is 0 Å². The molecule has 1 aliphatic rings. The Hall–Kier alpha value is -1.52. The van der Waals surface area contributed by atoms with Crippen LogP contribution in [0.15, 0.2) is 30.4 Å². The predicted octanol–water partition coefficient (Wildman–Crippen LogP) is 2.31. The molecule has 20 heavy (non-hydrogen) atoms. The van der Waals surface area contributed by atoms with Crippen LogP contribution in [0.2, 0.25) is 0 Å². The third-order valence-electron chi connectivity index (χ3n) is 3.73. The second-order valence-electron chi connectivity index (χ2n) is 5.39. The molecule has 0 radical (unpaired) electrons. The number of ether oxygens (including phenoxy) is 1. The first-order chi connectivity index (χ1) is 9.61. The number of nitrogens with zero attached hydrogens (tertiary/aromatic N) is 1. The highest BCUT2D eigenvalue weighted by Gasteiger charge is 2.24. The number of phenols is 1. The van der Waals surface area contributed by atoms with Crippen molar-refractivity contribution in [2.45, 2.75) is 19.4 Å². The molecule has 0 amide bonds. The van der Waals surface area contributed by atoms with E-state index in [1.807, 2.05) is 19.1 Å². The summed E-state index contributed by atoms with van der Waals surface area (Å²) in [4.78, 5) is 2.41. The first kappa shape index (κ1) is 14.9. The summed E-state index contributed by atoms with van der Waals surface area (Å²) in [6, 6.07) is 5.73. The Labute approximate surface area is 121 Å². The first-order valence-corrected chi connectivity index (χ1v) is 7.08. The van der Waals surface area contributed by atoms with Crippen molar-refractivity contribution in [2.75, 3.05) is 33.3 Å². The van der Waals surface area contributed by atoms with E-state index in [-0.39, 0.29) is 6.04 Å². The molecule has 0 saturated carbocycles. The average Bonchev–Trinajstić information content (AvgIpc) is 2.45. The van der Waals surface area contributed by atoms with Gasteiger partial charge in [0.2, 0.25) is 0 Å². The SMILES string of the molecule is C=C(C)C[C@H](c1ccc(OC)cc1O)N1CCNCC1. The van der Waals surface area contributed by atoms with E-state index in [0.29, 0.717) is 11.5 Å². The van der Waals surface area contributed by atoms with Crippen molar-refractivity contribution in [3.63, 3.8) is 0 Å². The van der Waals surface area contributed by atoms with Crippen LogP contribution in [0, 0.1) is 0 Å². The molecular weight excluding hydrogens is 252 g/mol. The lowest BCUT2D eigenvalue weighted by atomic mass is 9.97. The molecule has 2 rings (SSSR count). The van der Waals surface area contributed by atoms with Crippen LogP contribution >= 0.6 is 0 Å². The van der Waals surface area contributed by atoms with Crippen LogP contribution in [0.5, 0.6) is 11.5 Å². The minimum atomic E-state index is 0.181. The number of piperazine rings is 1. The molecule has 1 fully saturated rings. The molecule has 1 aromatic rings. The molecule has 1 heterocycles. The summed E-state index contributed by atoms with van der Waals surface area (Å²) in [5.74, 6) is 0.981. The maximum Gasteiger partial charge on any atom is 0.124 e. The zero-order valence-electron chi connectivity index (χ0n) is 12.4. The number of benzene rings is 1. The van der Waals surface area contributed by atoms with E-state index in [9.17, 15) is 5.11 Å². The molecule has 1 aliphatic heterocycles. The van der Waals surface area contributed by atoms with Gasteiger partial charge in [-0.2, -0.15) is 0 Å². The van der Waals surface area contributed by atoms with Gasteiger partial charge in [-0.1, -0.05) is 11.6 Å². The average molecular weight is 276 g/mol. The van der Waals surface area contributed by atoms with Crippen LogP contribution in [0.4, 0.5) is 0 Å². The first-order valence-electron chi connectivity index (χ1n) is 7.08. The van der Waals surface area contributed by atoms with Gasteiger partial charge in [0.1, 0.15) is 11.5 Å². The van der Waals surface area contributed by atoms with Crippen LogP contribution in [0.3, 0.4) is 0 Å². The maximum atomic E-state index is 10.3. The molecule has 1 aromatic carbocycles. The molecule has 0 aliphatic carbocycles. The van der Waals surface area contributed by atoms with Crippen LogP contribution in [-0.4, -0.2) is 43.3 Å². The van der Waals surface area contributed by atoms with Crippen molar-refractivity contribution in [1.29, 1.82) is 0 Å². The van der Waals surface area contributed by atoms with Crippen molar-refractivity contribution >= 4 is 0 Å². The molecule has 4 heteroatoms. The van der Waals surface area contributed by atoms with Gasteiger partial charge in [0.15, 0.2) is 0 Å².